The van der Waals surface area contributed by atoms with Crippen LogP contribution in [-0.2, 0) is 11.3 Å². The van der Waals surface area contributed by atoms with Crippen molar-refractivity contribution in [1.82, 2.24) is 4.90 Å². The van der Waals surface area contributed by atoms with Gasteiger partial charge in [0.2, 0.25) is 0 Å². The number of phenolic OH excluding ortho intramolecular Hbond substituents is 1. The van der Waals surface area contributed by atoms with E-state index in [1.54, 1.807) is 0 Å². The Bertz CT molecular complexity index is 496. The van der Waals surface area contributed by atoms with Gasteiger partial charge in [0.1, 0.15) is 11.6 Å². The molecule has 0 saturated carbocycles. The predicted molar refractivity (Wildman–Crippen MR) is 77.6 cm³/mol. The lowest BCUT2D eigenvalue weighted by Gasteiger charge is -2.40. The van der Waals surface area contributed by atoms with Gasteiger partial charge in [0.25, 0.3) is 0 Å². The van der Waals surface area contributed by atoms with Crippen molar-refractivity contribution in [2.75, 3.05) is 13.1 Å². The standard InChI is InChI=1S/C16H22FNO3/c1-2-4-16(15(20)21)5-3-6-18(11-16)10-12-7-13(17)9-14(19)8-12/h7-9,19H,2-6,10-11H2,1H3,(H,20,21). The fourth-order valence-corrected chi connectivity index (χ4v) is 3.31. The first kappa shape index (κ1) is 15.8. The van der Waals surface area contributed by atoms with Crippen LogP contribution < -0.4 is 0 Å². The summed E-state index contributed by atoms with van der Waals surface area (Å²) in [4.78, 5) is 13.7. The smallest absolute Gasteiger partial charge is 0.310 e. The van der Waals surface area contributed by atoms with Crippen LogP contribution in [0.1, 0.15) is 38.2 Å². The molecule has 1 atom stereocenters. The first-order valence-electron chi connectivity index (χ1n) is 7.39. The van der Waals surface area contributed by atoms with Crippen LogP contribution in [0.3, 0.4) is 0 Å². The summed E-state index contributed by atoms with van der Waals surface area (Å²) in [6, 6.07) is 3.98. The van der Waals surface area contributed by atoms with Gasteiger partial charge in [0.15, 0.2) is 0 Å². The first-order valence-corrected chi connectivity index (χ1v) is 7.39. The van der Waals surface area contributed by atoms with E-state index in [0.717, 1.165) is 25.5 Å². The monoisotopic (exact) mass is 295 g/mol. The zero-order valence-corrected chi connectivity index (χ0v) is 12.3. The van der Waals surface area contributed by atoms with Crippen LogP contribution in [-0.4, -0.2) is 34.2 Å². The molecular weight excluding hydrogens is 273 g/mol. The quantitative estimate of drug-likeness (QED) is 0.876. The number of aromatic hydroxyl groups is 1. The van der Waals surface area contributed by atoms with Crippen molar-refractivity contribution >= 4 is 5.97 Å². The van der Waals surface area contributed by atoms with Gasteiger partial charge in [0, 0.05) is 19.2 Å². The van der Waals surface area contributed by atoms with Crippen LogP contribution >= 0.6 is 0 Å². The van der Waals surface area contributed by atoms with E-state index in [1.165, 1.54) is 12.1 Å². The van der Waals surface area contributed by atoms with Crippen molar-refractivity contribution in [2.24, 2.45) is 5.41 Å². The Kier molecular flexibility index (Phi) is 4.83. The Hall–Kier alpha value is -1.62. The molecule has 0 aliphatic carbocycles. The molecule has 1 aromatic rings. The molecule has 1 unspecified atom stereocenters. The molecule has 1 heterocycles. The van der Waals surface area contributed by atoms with Crippen molar-refractivity contribution in [3.8, 4) is 5.75 Å². The third kappa shape index (κ3) is 3.73. The summed E-state index contributed by atoms with van der Waals surface area (Å²) in [6.45, 7) is 3.74. The van der Waals surface area contributed by atoms with Crippen LogP contribution in [0.15, 0.2) is 18.2 Å². The van der Waals surface area contributed by atoms with Gasteiger partial charge in [-0.1, -0.05) is 13.3 Å². The van der Waals surface area contributed by atoms with E-state index in [-0.39, 0.29) is 5.75 Å². The van der Waals surface area contributed by atoms with E-state index in [4.69, 9.17) is 0 Å². The van der Waals surface area contributed by atoms with E-state index in [9.17, 15) is 19.4 Å². The van der Waals surface area contributed by atoms with Gasteiger partial charge >= 0.3 is 5.97 Å². The fourth-order valence-electron chi connectivity index (χ4n) is 3.31. The summed E-state index contributed by atoms with van der Waals surface area (Å²) < 4.78 is 13.3. The number of carbonyl (C=O) groups is 1. The molecule has 1 aromatic carbocycles. The number of carboxylic acid groups (broad SMARTS) is 1. The maximum atomic E-state index is 13.3. The number of hydrogen-bond donors (Lipinski definition) is 2. The highest BCUT2D eigenvalue weighted by Crippen LogP contribution is 2.35. The highest BCUT2D eigenvalue weighted by atomic mass is 19.1. The molecule has 1 saturated heterocycles. The third-order valence-electron chi connectivity index (χ3n) is 4.19. The Balaban J connectivity index is 2.11. The Labute approximate surface area is 124 Å². The van der Waals surface area contributed by atoms with Gasteiger partial charge < -0.3 is 10.2 Å². The molecule has 0 spiro atoms. The second-order valence-corrected chi connectivity index (χ2v) is 5.97. The minimum Gasteiger partial charge on any atom is -0.508 e. The summed E-state index contributed by atoms with van der Waals surface area (Å²) >= 11 is 0. The number of aliphatic carboxylic acids is 1. The maximum Gasteiger partial charge on any atom is 0.310 e. The van der Waals surface area contributed by atoms with Gasteiger partial charge in [-0.3, -0.25) is 9.69 Å². The number of benzene rings is 1. The normalized spacial score (nSPS) is 23.1. The number of hydrogen-bond acceptors (Lipinski definition) is 3. The third-order valence-corrected chi connectivity index (χ3v) is 4.19. The first-order chi connectivity index (χ1) is 9.95. The van der Waals surface area contributed by atoms with Crippen molar-refractivity contribution in [2.45, 2.75) is 39.2 Å². The summed E-state index contributed by atoms with van der Waals surface area (Å²) in [5, 5.41) is 19.0. The molecule has 1 aliphatic rings. The second-order valence-electron chi connectivity index (χ2n) is 5.97. The van der Waals surface area contributed by atoms with Gasteiger partial charge in [0.05, 0.1) is 5.41 Å². The molecule has 21 heavy (non-hydrogen) atoms. The van der Waals surface area contributed by atoms with Crippen LogP contribution in [0.25, 0.3) is 0 Å². The lowest BCUT2D eigenvalue weighted by atomic mass is 9.76. The molecule has 0 amide bonds. The molecular formula is C16H22FNO3. The molecule has 4 nitrogen and oxygen atoms in total. The maximum absolute atomic E-state index is 13.3. The van der Waals surface area contributed by atoms with E-state index >= 15 is 0 Å². The Morgan fingerprint density at radius 2 is 2.19 bits per heavy atom. The van der Waals surface area contributed by atoms with Crippen molar-refractivity contribution in [3.63, 3.8) is 0 Å². The Morgan fingerprint density at radius 1 is 1.43 bits per heavy atom. The van der Waals surface area contributed by atoms with Gasteiger partial charge in [-0.25, -0.2) is 4.39 Å². The number of rotatable bonds is 5. The lowest BCUT2D eigenvalue weighted by molar-refractivity contribution is -0.153. The minimum absolute atomic E-state index is 0.0972. The number of carboxylic acids is 1. The average Bonchev–Trinajstić information content (AvgIpc) is 2.37. The molecule has 2 rings (SSSR count). The number of piperidine rings is 1. The van der Waals surface area contributed by atoms with Crippen molar-refractivity contribution in [3.05, 3.63) is 29.6 Å². The van der Waals surface area contributed by atoms with Crippen molar-refractivity contribution in [1.29, 1.82) is 0 Å². The van der Waals surface area contributed by atoms with E-state index in [0.29, 0.717) is 31.5 Å². The van der Waals surface area contributed by atoms with Crippen LogP contribution in [0.2, 0.25) is 0 Å². The topological polar surface area (TPSA) is 60.8 Å². The minimum atomic E-state index is -0.740. The Morgan fingerprint density at radius 3 is 2.81 bits per heavy atom. The van der Waals surface area contributed by atoms with Crippen LogP contribution in [0.5, 0.6) is 5.75 Å². The van der Waals surface area contributed by atoms with E-state index < -0.39 is 17.2 Å². The summed E-state index contributed by atoms with van der Waals surface area (Å²) in [5.74, 6) is -1.31. The van der Waals surface area contributed by atoms with Gasteiger partial charge in [-0.2, -0.15) is 0 Å². The summed E-state index contributed by atoms with van der Waals surface area (Å²) in [6.07, 6.45) is 3.02. The largest absolute Gasteiger partial charge is 0.508 e. The highest BCUT2D eigenvalue weighted by molar-refractivity contribution is 5.75. The van der Waals surface area contributed by atoms with E-state index in [1.807, 2.05) is 11.8 Å². The predicted octanol–water partition coefficient (Wildman–Crippen LogP) is 3.00. The summed E-state index contributed by atoms with van der Waals surface area (Å²) in [5.41, 5.74) is -0.0206. The lowest BCUT2D eigenvalue weighted by Crippen LogP contribution is -2.47. The van der Waals surface area contributed by atoms with E-state index in [2.05, 4.69) is 0 Å². The zero-order valence-electron chi connectivity index (χ0n) is 12.3. The fraction of sp³-hybridized carbons (Fsp3) is 0.562. The van der Waals surface area contributed by atoms with Crippen molar-refractivity contribution < 1.29 is 19.4 Å². The zero-order chi connectivity index (χ0) is 15.5. The molecule has 2 N–H and O–H groups in total. The van der Waals surface area contributed by atoms with Crippen LogP contribution in [0, 0.1) is 11.2 Å². The molecule has 1 aliphatic heterocycles. The highest BCUT2D eigenvalue weighted by Gasteiger charge is 2.41. The molecule has 5 heteroatoms. The number of nitrogens with zero attached hydrogens (tertiary/aromatic N) is 1. The molecule has 0 bridgehead atoms. The molecule has 0 aromatic heterocycles. The number of halogens is 1. The SMILES string of the molecule is CCCC1(C(=O)O)CCCN(Cc2cc(O)cc(F)c2)C1. The molecule has 0 radical (unpaired) electrons. The molecule has 116 valence electrons. The second kappa shape index (κ2) is 6.43. The average molecular weight is 295 g/mol. The number of likely N-dealkylation sites (tertiary alicyclic amines) is 1. The summed E-state index contributed by atoms with van der Waals surface area (Å²) in [7, 11) is 0. The van der Waals surface area contributed by atoms with Crippen LogP contribution in [0.4, 0.5) is 4.39 Å². The van der Waals surface area contributed by atoms with Gasteiger partial charge in [-0.05, 0) is 43.5 Å². The number of phenols is 1. The van der Waals surface area contributed by atoms with Gasteiger partial charge in [-0.15, -0.1) is 0 Å². The molecule has 1 fully saturated rings.